The summed E-state index contributed by atoms with van der Waals surface area (Å²) in [6, 6.07) is 10.2. The number of aliphatic hydroxyl groups is 1. The van der Waals surface area contributed by atoms with Gasteiger partial charge in [0.15, 0.2) is 0 Å². The van der Waals surface area contributed by atoms with Crippen molar-refractivity contribution in [2.75, 3.05) is 10.6 Å². The third-order valence-corrected chi connectivity index (χ3v) is 4.06. The summed E-state index contributed by atoms with van der Waals surface area (Å²) in [6.45, 7) is 0. The molecule has 3 rings (SSSR count). The molecule has 0 amide bonds. The molecule has 0 spiro atoms. The second-order valence-electron chi connectivity index (χ2n) is 5.74. The Balaban J connectivity index is 1.71. The number of aromatic nitrogens is 4. The Morgan fingerprint density at radius 1 is 1.25 bits per heavy atom. The summed E-state index contributed by atoms with van der Waals surface area (Å²) in [5.74, 6) is 0.247. The van der Waals surface area contributed by atoms with Gasteiger partial charge >= 0.3 is 0 Å². The third kappa shape index (κ3) is 3.88. The van der Waals surface area contributed by atoms with Crippen LogP contribution in [0.2, 0.25) is 0 Å². The zero-order chi connectivity index (χ0) is 16.8. The van der Waals surface area contributed by atoms with Crippen LogP contribution >= 0.6 is 0 Å². The molecule has 1 aromatic carbocycles. The molecule has 0 radical (unpaired) electrons. The number of anilines is 2. The van der Waals surface area contributed by atoms with Crippen LogP contribution in [0.3, 0.4) is 0 Å². The Morgan fingerprint density at radius 3 is 2.67 bits per heavy atom. The topological polar surface area (TPSA) is 123 Å². The van der Waals surface area contributed by atoms with E-state index in [4.69, 9.17) is 0 Å². The molecule has 124 valence electrons. The van der Waals surface area contributed by atoms with E-state index in [1.54, 1.807) is 6.20 Å². The summed E-state index contributed by atoms with van der Waals surface area (Å²) in [4.78, 5) is 0. The Morgan fingerprint density at radius 2 is 2.00 bits per heavy atom. The van der Waals surface area contributed by atoms with Gasteiger partial charge in [-0.1, -0.05) is 12.1 Å². The first kappa shape index (κ1) is 16.0. The molecule has 1 heterocycles. The molecule has 2 aromatic rings. The summed E-state index contributed by atoms with van der Waals surface area (Å²) in [5, 5.41) is 38.9. The standard InChI is InChI=1S/C16H19N7O/c17-9-11(16-20-22-23-21-16)10-18-14-3-1-2-4-15(14)19-12-5-7-13(24)8-6-12/h1-4,10,12-13,18-19,24H,5-8H2,(H,20,21,22,23). The smallest absolute Gasteiger partial charge is 0.216 e. The first-order valence-corrected chi connectivity index (χ1v) is 7.90. The van der Waals surface area contributed by atoms with E-state index in [-0.39, 0.29) is 11.9 Å². The fourth-order valence-corrected chi connectivity index (χ4v) is 2.75. The number of hydrogen-bond acceptors (Lipinski definition) is 7. The highest BCUT2D eigenvalue weighted by atomic mass is 16.3. The molecule has 8 heteroatoms. The van der Waals surface area contributed by atoms with Crippen molar-refractivity contribution in [2.45, 2.75) is 37.8 Å². The average molecular weight is 325 g/mol. The van der Waals surface area contributed by atoms with Gasteiger partial charge in [-0.2, -0.15) is 10.5 Å². The van der Waals surface area contributed by atoms with Crippen molar-refractivity contribution in [3.63, 3.8) is 0 Å². The molecular weight excluding hydrogens is 306 g/mol. The highest BCUT2D eigenvalue weighted by Gasteiger charge is 2.19. The lowest BCUT2D eigenvalue weighted by atomic mass is 9.93. The number of hydrogen-bond donors (Lipinski definition) is 4. The third-order valence-electron chi connectivity index (χ3n) is 4.06. The van der Waals surface area contributed by atoms with Crippen LogP contribution in [-0.4, -0.2) is 37.9 Å². The van der Waals surface area contributed by atoms with Gasteiger partial charge < -0.3 is 15.7 Å². The molecule has 1 aromatic heterocycles. The zero-order valence-corrected chi connectivity index (χ0v) is 13.1. The summed E-state index contributed by atoms with van der Waals surface area (Å²) in [6.07, 6.45) is 4.92. The SMILES string of the molecule is N#CC(=CNc1ccccc1NC1CCC(O)CC1)c1nn[nH]n1. The first-order valence-electron chi connectivity index (χ1n) is 7.90. The minimum atomic E-state index is -0.174. The first-order chi connectivity index (χ1) is 11.8. The van der Waals surface area contributed by atoms with Gasteiger partial charge in [0.2, 0.25) is 5.82 Å². The normalized spacial score (nSPS) is 21.1. The Kier molecular flexibility index (Phi) is 5.03. The van der Waals surface area contributed by atoms with E-state index in [1.807, 2.05) is 30.3 Å². The van der Waals surface area contributed by atoms with E-state index in [2.05, 4.69) is 31.3 Å². The van der Waals surface area contributed by atoms with Gasteiger partial charge in [-0.3, -0.25) is 0 Å². The van der Waals surface area contributed by atoms with E-state index in [9.17, 15) is 10.4 Å². The lowest BCUT2D eigenvalue weighted by molar-refractivity contribution is 0.126. The highest BCUT2D eigenvalue weighted by Crippen LogP contribution is 2.27. The minimum absolute atomic E-state index is 0.174. The molecule has 0 atom stereocenters. The van der Waals surface area contributed by atoms with Crippen molar-refractivity contribution in [1.29, 1.82) is 5.26 Å². The molecular formula is C16H19N7O. The molecule has 0 aliphatic heterocycles. The highest BCUT2D eigenvalue weighted by molar-refractivity contribution is 5.77. The number of para-hydroxylation sites is 2. The monoisotopic (exact) mass is 325 g/mol. The molecule has 1 saturated carbocycles. The largest absolute Gasteiger partial charge is 0.393 e. The molecule has 8 nitrogen and oxygen atoms in total. The van der Waals surface area contributed by atoms with Crippen LogP contribution in [0.5, 0.6) is 0 Å². The van der Waals surface area contributed by atoms with Gasteiger partial charge in [-0.15, -0.1) is 10.2 Å². The van der Waals surface area contributed by atoms with Crippen molar-refractivity contribution in [3.05, 3.63) is 36.3 Å². The Hall–Kier alpha value is -2.92. The van der Waals surface area contributed by atoms with Gasteiger partial charge in [0.05, 0.1) is 17.5 Å². The Bertz CT molecular complexity index is 727. The van der Waals surface area contributed by atoms with E-state index >= 15 is 0 Å². The van der Waals surface area contributed by atoms with Gasteiger partial charge in [-0.05, 0) is 43.0 Å². The quantitative estimate of drug-likeness (QED) is 0.619. The number of allylic oxidation sites excluding steroid dienone is 1. The molecule has 24 heavy (non-hydrogen) atoms. The van der Waals surface area contributed by atoms with Crippen molar-refractivity contribution in [2.24, 2.45) is 0 Å². The molecule has 1 aliphatic carbocycles. The second-order valence-corrected chi connectivity index (χ2v) is 5.74. The Labute approximate surface area is 139 Å². The van der Waals surface area contributed by atoms with Crippen LogP contribution in [0.25, 0.3) is 5.57 Å². The summed E-state index contributed by atoms with van der Waals surface area (Å²) in [7, 11) is 0. The molecule has 1 fully saturated rings. The minimum Gasteiger partial charge on any atom is -0.393 e. The number of aromatic amines is 1. The number of benzene rings is 1. The fourth-order valence-electron chi connectivity index (χ4n) is 2.75. The number of tetrazole rings is 1. The van der Waals surface area contributed by atoms with E-state index in [0.717, 1.165) is 37.1 Å². The van der Waals surface area contributed by atoms with Crippen molar-refractivity contribution in [1.82, 2.24) is 20.6 Å². The van der Waals surface area contributed by atoms with E-state index < -0.39 is 0 Å². The number of nitrogens with zero attached hydrogens (tertiary/aromatic N) is 4. The number of H-pyrrole nitrogens is 1. The van der Waals surface area contributed by atoms with Gasteiger partial charge in [0.1, 0.15) is 11.6 Å². The van der Waals surface area contributed by atoms with Crippen molar-refractivity contribution in [3.8, 4) is 6.07 Å². The number of rotatable bonds is 5. The lowest BCUT2D eigenvalue weighted by Gasteiger charge is -2.27. The predicted octanol–water partition coefficient (Wildman–Crippen LogP) is 1.89. The zero-order valence-electron chi connectivity index (χ0n) is 13.1. The van der Waals surface area contributed by atoms with Gasteiger partial charge in [0, 0.05) is 12.2 Å². The van der Waals surface area contributed by atoms with Crippen LogP contribution in [-0.2, 0) is 0 Å². The summed E-state index contributed by atoms with van der Waals surface area (Å²) < 4.78 is 0. The maximum Gasteiger partial charge on any atom is 0.216 e. The average Bonchev–Trinajstić information content (AvgIpc) is 3.13. The second kappa shape index (κ2) is 7.57. The van der Waals surface area contributed by atoms with Crippen molar-refractivity contribution >= 4 is 16.9 Å². The molecule has 1 aliphatic rings. The summed E-state index contributed by atoms with van der Waals surface area (Å²) >= 11 is 0. The van der Waals surface area contributed by atoms with Crippen LogP contribution in [0.1, 0.15) is 31.5 Å². The van der Waals surface area contributed by atoms with Gasteiger partial charge in [0.25, 0.3) is 0 Å². The molecule has 0 unspecified atom stereocenters. The lowest BCUT2D eigenvalue weighted by Crippen LogP contribution is -2.28. The van der Waals surface area contributed by atoms with Crippen molar-refractivity contribution < 1.29 is 5.11 Å². The number of aliphatic hydroxyl groups excluding tert-OH is 1. The molecule has 0 saturated heterocycles. The fraction of sp³-hybridized carbons (Fsp3) is 0.375. The van der Waals surface area contributed by atoms with Gasteiger partial charge in [-0.25, -0.2) is 0 Å². The van der Waals surface area contributed by atoms with Crippen LogP contribution in [0.15, 0.2) is 30.5 Å². The van der Waals surface area contributed by atoms with E-state index in [0.29, 0.717) is 11.6 Å². The van der Waals surface area contributed by atoms with E-state index in [1.165, 1.54) is 0 Å². The number of nitrogens with one attached hydrogen (secondary N) is 3. The predicted molar refractivity (Wildman–Crippen MR) is 89.7 cm³/mol. The van der Waals surface area contributed by atoms with Crippen LogP contribution in [0.4, 0.5) is 11.4 Å². The molecule has 4 N–H and O–H groups in total. The van der Waals surface area contributed by atoms with Crippen LogP contribution in [0, 0.1) is 11.3 Å². The maximum absolute atomic E-state index is 9.61. The maximum atomic E-state index is 9.61. The summed E-state index contributed by atoms with van der Waals surface area (Å²) in [5.41, 5.74) is 2.11. The number of nitriles is 1. The molecule has 0 bridgehead atoms. The van der Waals surface area contributed by atoms with Crippen LogP contribution < -0.4 is 10.6 Å².